The second-order valence-corrected chi connectivity index (χ2v) is 6.82. The Bertz CT molecular complexity index is 1320. The highest BCUT2D eigenvalue weighted by molar-refractivity contribution is 5.98. The van der Waals surface area contributed by atoms with Gasteiger partial charge in [0.05, 0.1) is 11.9 Å². The van der Waals surface area contributed by atoms with Gasteiger partial charge in [-0.2, -0.15) is 10.4 Å². The number of anilines is 1. The molecule has 0 spiro atoms. The van der Waals surface area contributed by atoms with Crippen LogP contribution in [0, 0.1) is 11.3 Å². The summed E-state index contributed by atoms with van der Waals surface area (Å²) in [6, 6.07) is 18.7. The SMILES string of the molecule is C=C(C#N)C(=O)NCCn1nc(-c2ccc(Oc3ccccc3)cc2)c2c(N)ncnc21. The number of hydrogen-bond donors (Lipinski definition) is 2. The van der Waals surface area contributed by atoms with Gasteiger partial charge in [0.1, 0.15) is 41.0 Å². The normalized spacial score (nSPS) is 10.5. The molecule has 0 aliphatic rings. The van der Waals surface area contributed by atoms with E-state index in [1.54, 1.807) is 10.8 Å². The number of para-hydroxylation sites is 1. The number of benzene rings is 2. The molecule has 0 fully saturated rings. The fourth-order valence-electron chi connectivity index (χ4n) is 3.13. The first-order valence-corrected chi connectivity index (χ1v) is 9.74. The number of amides is 1. The van der Waals surface area contributed by atoms with Gasteiger partial charge in [0.25, 0.3) is 5.91 Å². The summed E-state index contributed by atoms with van der Waals surface area (Å²) < 4.78 is 7.49. The van der Waals surface area contributed by atoms with Gasteiger partial charge in [0.15, 0.2) is 5.65 Å². The largest absolute Gasteiger partial charge is 0.457 e. The van der Waals surface area contributed by atoms with Crippen LogP contribution < -0.4 is 15.8 Å². The Kier molecular flexibility index (Phi) is 5.76. The third kappa shape index (κ3) is 4.24. The van der Waals surface area contributed by atoms with Crippen molar-refractivity contribution >= 4 is 22.8 Å². The maximum absolute atomic E-state index is 11.8. The van der Waals surface area contributed by atoms with Crippen molar-refractivity contribution in [2.75, 3.05) is 12.3 Å². The molecule has 2 aromatic carbocycles. The topological polar surface area (TPSA) is 132 Å². The van der Waals surface area contributed by atoms with Crippen LogP contribution >= 0.6 is 0 Å². The lowest BCUT2D eigenvalue weighted by Crippen LogP contribution is -2.28. The summed E-state index contributed by atoms with van der Waals surface area (Å²) in [5.41, 5.74) is 7.96. The van der Waals surface area contributed by atoms with Crippen molar-refractivity contribution in [2.45, 2.75) is 6.54 Å². The number of nitriles is 1. The fraction of sp³-hybridized carbons (Fsp3) is 0.0870. The number of carbonyl (C=O) groups excluding carboxylic acids is 1. The van der Waals surface area contributed by atoms with Gasteiger partial charge >= 0.3 is 0 Å². The van der Waals surface area contributed by atoms with Gasteiger partial charge in [-0.25, -0.2) is 14.6 Å². The van der Waals surface area contributed by atoms with Gasteiger partial charge in [-0.3, -0.25) is 4.79 Å². The number of nitrogens with one attached hydrogen (secondary N) is 1. The van der Waals surface area contributed by atoms with E-state index >= 15 is 0 Å². The van der Waals surface area contributed by atoms with Crippen molar-refractivity contribution in [1.29, 1.82) is 5.26 Å². The number of nitrogens with zero attached hydrogens (tertiary/aromatic N) is 5. The molecular formula is C23H19N7O2. The minimum Gasteiger partial charge on any atom is -0.457 e. The second-order valence-electron chi connectivity index (χ2n) is 6.82. The van der Waals surface area contributed by atoms with Crippen molar-refractivity contribution in [3.63, 3.8) is 0 Å². The number of fused-ring (bicyclic) bond motifs is 1. The molecule has 0 saturated heterocycles. The van der Waals surface area contributed by atoms with Gasteiger partial charge in [0, 0.05) is 12.1 Å². The summed E-state index contributed by atoms with van der Waals surface area (Å²) in [7, 11) is 0. The molecule has 0 saturated carbocycles. The summed E-state index contributed by atoms with van der Waals surface area (Å²) in [4.78, 5) is 20.2. The highest BCUT2D eigenvalue weighted by Crippen LogP contribution is 2.31. The Hall–Kier alpha value is -4.71. The minimum absolute atomic E-state index is 0.152. The van der Waals surface area contributed by atoms with Crippen molar-refractivity contribution in [3.05, 3.63) is 73.1 Å². The van der Waals surface area contributed by atoms with Crippen LogP contribution in [0.2, 0.25) is 0 Å². The number of rotatable bonds is 7. The number of carbonyl (C=O) groups is 1. The van der Waals surface area contributed by atoms with Crippen LogP contribution in [-0.2, 0) is 11.3 Å². The lowest BCUT2D eigenvalue weighted by molar-refractivity contribution is -0.117. The standard InChI is InChI=1S/C23H19N7O2/c1-15(13-24)23(31)26-11-12-30-22-19(21(25)27-14-28-22)20(29-30)16-7-9-18(10-8-16)32-17-5-3-2-4-6-17/h2-10,14H,1,11-12H2,(H,26,31)(H2,25,27,28). The van der Waals surface area contributed by atoms with E-state index in [0.717, 1.165) is 11.3 Å². The van der Waals surface area contributed by atoms with Crippen LogP contribution in [0.15, 0.2) is 73.1 Å². The molecule has 0 radical (unpaired) electrons. The Morgan fingerprint density at radius 1 is 1.12 bits per heavy atom. The van der Waals surface area contributed by atoms with E-state index in [1.807, 2.05) is 54.6 Å². The monoisotopic (exact) mass is 425 g/mol. The molecule has 0 atom stereocenters. The first-order chi connectivity index (χ1) is 15.6. The third-order valence-corrected chi connectivity index (χ3v) is 4.68. The Morgan fingerprint density at radius 2 is 1.84 bits per heavy atom. The number of nitrogen functional groups attached to an aromatic ring is 1. The van der Waals surface area contributed by atoms with Crippen molar-refractivity contribution in [3.8, 4) is 28.8 Å². The van der Waals surface area contributed by atoms with Gasteiger partial charge < -0.3 is 15.8 Å². The molecular weight excluding hydrogens is 406 g/mol. The molecule has 32 heavy (non-hydrogen) atoms. The molecule has 9 heteroatoms. The highest BCUT2D eigenvalue weighted by atomic mass is 16.5. The van der Waals surface area contributed by atoms with Crippen molar-refractivity contribution < 1.29 is 9.53 Å². The lowest BCUT2D eigenvalue weighted by atomic mass is 10.1. The minimum atomic E-state index is -0.521. The average Bonchev–Trinajstić information content (AvgIpc) is 3.19. The average molecular weight is 425 g/mol. The summed E-state index contributed by atoms with van der Waals surface area (Å²) >= 11 is 0. The molecule has 0 unspecified atom stereocenters. The molecule has 2 aromatic heterocycles. The first kappa shape index (κ1) is 20.6. The van der Waals surface area contributed by atoms with Gasteiger partial charge in [-0.15, -0.1) is 0 Å². The van der Waals surface area contributed by atoms with Gasteiger partial charge in [-0.1, -0.05) is 24.8 Å². The molecule has 2 heterocycles. The lowest BCUT2D eigenvalue weighted by Gasteiger charge is -2.06. The van der Waals surface area contributed by atoms with E-state index in [4.69, 9.17) is 15.7 Å². The molecule has 0 aliphatic carbocycles. The van der Waals surface area contributed by atoms with E-state index in [0.29, 0.717) is 34.8 Å². The number of nitrogens with two attached hydrogens (primary N) is 1. The van der Waals surface area contributed by atoms with Crippen LogP contribution in [0.1, 0.15) is 0 Å². The molecule has 4 aromatic rings. The third-order valence-electron chi connectivity index (χ3n) is 4.68. The van der Waals surface area contributed by atoms with Crippen molar-refractivity contribution in [2.24, 2.45) is 0 Å². The zero-order valence-electron chi connectivity index (χ0n) is 17.0. The maximum Gasteiger partial charge on any atom is 0.261 e. The summed E-state index contributed by atoms with van der Waals surface area (Å²) in [6.07, 6.45) is 1.37. The molecule has 3 N–H and O–H groups in total. The van der Waals surface area contributed by atoms with Crippen LogP contribution in [0.5, 0.6) is 11.5 Å². The zero-order chi connectivity index (χ0) is 22.5. The van der Waals surface area contributed by atoms with E-state index in [9.17, 15) is 4.79 Å². The predicted octanol–water partition coefficient (Wildman–Crippen LogP) is 3.06. The molecule has 9 nitrogen and oxygen atoms in total. The number of hydrogen-bond acceptors (Lipinski definition) is 7. The van der Waals surface area contributed by atoms with Crippen LogP contribution in [0.4, 0.5) is 5.82 Å². The molecule has 0 aliphatic heterocycles. The van der Waals surface area contributed by atoms with E-state index in [-0.39, 0.29) is 12.1 Å². The molecule has 0 bridgehead atoms. The van der Waals surface area contributed by atoms with E-state index < -0.39 is 5.91 Å². The van der Waals surface area contributed by atoms with E-state index in [1.165, 1.54) is 6.33 Å². The molecule has 158 valence electrons. The molecule has 1 amide bonds. The molecule has 4 rings (SSSR count). The quantitative estimate of drug-likeness (QED) is 0.343. The van der Waals surface area contributed by atoms with E-state index in [2.05, 4.69) is 27.0 Å². The van der Waals surface area contributed by atoms with Crippen LogP contribution in [-0.4, -0.2) is 32.2 Å². The summed E-state index contributed by atoms with van der Waals surface area (Å²) in [5, 5.41) is 16.7. The number of aromatic nitrogens is 4. The highest BCUT2D eigenvalue weighted by Gasteiger charge is 2.17. The first-order valence-electron chi connectivity index (χ1n) is 9.74. The fourth-order valence-corrected chi connectivity index (χ4v) is 3.13. The number of ether oxygens (including phenoxy) is 1. The Balaban J connectivity index is 1.59. The van der Waals surface area contributed by atoms with Crippen LogP contribution in [0.25, 0.3) is 22.3 Å². The predicted molar refractivity (Wildman–Crippen MR) is 119 cm³/mol. The summed E-state index contributed by atoms with van der Waals surface area (Å²) in [6.45, 7) is 3.96. The Morgan fingerprint density at radius 3 is 2.56 bits per heavy atom. The second kappa shape index (κ2) is 8.97. The zero-order valence-corrected chi connectivity index (χ0v) is 17.0. The Labute approximate surface area is 183 Å². The van der Waals surface area contributed by atoms with Gasteiger partial charge in [0.2, 0.25) is 0 Å². The van der Waals surface area contributed by atoms with Gasteiger partial charge in [-0.05, 0) is 36.4 Å². The summed E-state index contributed by atoms with van der Waals surface area (Å²) in [5.74, 6) is 1.22. The van der Waals surface area contributed by atoms with Crippen LogP contribution in [0.3, 0.4) is 0 Å². The maximum atomic E-state index is 11.8. The smallest absolute Gasteiger partial charge is 0.261 e. The van der Waals surface area contributed by atoms with Crippen molar-refractivity contribution in [1.82, 2.24) is 25.1 Å².